The average Bonchev–Trinajstić information content (AvgIpc) is 3.21. The fourth-order valence-electron chi connectivity index (χ4n) is 3.34. The maximum atomic E-state index is 12.3. The molecule has 2 heterocycles. The summed E-state index contributed by atoms with van der Waals surface area (Å²) in [6, 6.07) is 16.4. The smallest absolute Gasteiger partial charge is 0.366 e. The predicted octanol–water partition coefficient (Wildman–Crippen LogP) is 4.45. The summed E-state index contributed by atoms with van der Waals surface area (Å²) in [5, 5.41) is 4.16. The number of anilines is 1. The minimum atomic E-state index is -4.49. The summed E-state index contributed by atoms with van der Waals surface area (Å²) in [7, 11) is 0. The van der Waals surface area contributed by atoms with Gasteiger partial charge in [0.1, 0.15) is 12.2 Å². The Morgan fingerprint density at radius 2 is 1.70 bits per heavy atom. The largest absolute Gasteiger partial charge is 0.405 e. The molecular formula is C23H18F3N5O2. The van der Waals surface area contributed by atoms with Crippen molar-refractivity contribution in [2.75, 3.05) is 11.9 Å². The molecule has 4 N–H and O–H groups in total. The van der Waals surface area contributed by atoms with Crippen molar-refractivity contribution in [3.8, 4) is 22.4 Å². The Balaban J connectivity index is 1.58. The molecule has 0 saturated carbocycles. The molecule has 2 aromatic carbocycles. The third-order valence-electron chi connectivity index (χ3n) is 4.86. The van der Waals surface area contributed by atoms with Gasteiger partial charge in [0, 0.05) is 23.0 Å². The molecule has 10 heteroatoms. The number of nitrogens with one attached hydrogen (secondary N) is 2. The van der Waals surface area contributed by atoms with E-state index in [1.807, 2.05) is 28.8 Å². The number of primary amides is 1. The van der Waals surface area contributed by atoms with E-state index in [0.717, 1.165) is 16.8 Å². The lowest BCUT2D eigenvalue weighted by atomic mass is 10.0. The molecule has 33 heavy (non-hydrogen) atoms. The fourth-order valence-corrected chi connectivity index (χ4v) is 3.34. The zero-order valence-corrected chi connectivity index (χ0v) is 17.1. The molecule has 0 radical (unpaired) electrons. The van der Waals surface area contributed by atoms with E-state index in [0.29, 0.717) is 22.5 Å². The molecule has 0 aliphatic carbocycles. The van der Waals surface area contributed by atoms with Crippen LogP contribution in [0.3, 0.4) is 0 Å². The maximum absolute atomic E-state index is 12.3. The van der Waals surface area contributed by atoms with Crippen LogP contribution in [0.25, 0.3) is 28.0 Å². The number of fused-ring (bicyclic) bond motifs is 1. The zero-order chi connectivity index (χ0) is 23.6. The Hall–Kier alpha value is -4.34. The number of urea groups is 1. The highest BCUT2D eigenvalue weighted by molar-refractivity contribution is 5.94. The molecule has 0 fully saturated rings. The van der Waals surface area contributed by atoms with Crippen molar-refractivity contribution in [1.29, 1.82) is 0 Å². The van der Waals surface area contributed by atoms with Crippen LogP contribution in [0.15, 0.2) is 73.1 Å². The summed E-state index contributed by atoms with van der Waals surface area (Å²) in [6.45, 7) is -1.42. The Kier molecular flexibility index (Phi) is 5.74. The number of carbonyl (C=O) groups is 2. The van der Waals surface area contributed by atoms with Gasteiger partial charge in [-0.15, -0.1) is 0 Å². The van der Waals surface area contributed by atoms with Crippen LogP contribution in [0.4, 0.5) is 23.7 Å². The van der Waals surface area contributed by atoms with E-state index in [9.17, 15) is 22.8 Å². The summed E-state index contributed by atoms with van der Waals surface area (Å²) in [4.78, 5) is 27.6. The molecule has 7 nitrogen and oxygen atoms in total. The van der Waals surface area contributed by atoms with E-state index in [-0.39, 0.29) is 0 Å². The molecule has 0 bridgehead atoms. The lowest BCUT2D eigenvalue weighted by molar-refractivity contribution is -0.122. The van der Waals surface area contributed by atoms with Crippen LogP contribution in [0.5, 0.6) is 0 Å². The Morgan fingerprint density at radius 3 is 2.45 bits per heavy atom. The molecular weight excluding hydrogens is 435 g/mol. The van der Waals surface area contributed by atoms with E-state index in [1.54, 1.807) is 54.0 Å². The first-order valence-corrected chi connectivity index (χ1v) is 9.79. The quantitative estimate of drug-likeness (QED) is 0.416. The minimum absolute atomic E-state index is 0.335. The number of imidazole rings is 1. The third-order valence-corrected chi connectivity index (χ3v) is 4.86. The van der Waals surface area contributed by atoms with Crippen molar-refractivity contribution < 1.29 is 22.8 Å². The van der Waals surface area contributed by atoms with E-state index in [2.05, 4.69) is 10.3 Å². The molecule has 0 saturated heterocycles. The molecule has 4 aromatic rings. The summed E-state index contributed by atoms with van der Waals surface area (Å²) in [5.41, 5.74) is 9.84. The SMILES string of the molecule is NC(=O)c1cccc(-c2ccn3c(-c4cccc(NC(=O)NCC(F)(F)F)c4)cnc3c2)c1. The second kappa shape index (κ2) is 8.65. The van der Waals surface area contributed by atoms with Crippen molar-refractivity contribution in [3.63, 3.8) is 0 Å². The van der Waals surface area contributed by atoms with Crippen molar-refractivity contribution in [2.24, 2.45) is 5.73 Å². The summed E-state index contributed by atoms with van der Waals surface area (Å²) < 4.78 is 38.7. The number of amides is 3. The molecule has 3 amide bonds. The van der Waals surface area contributed by atoms with Crippen LogP contribution in [-0.4, -0.2) is 34.0 Å². The second-order valence-electron chi connectivity index (χ2n) is 7.24. The lowest BCUT2D eigenvalue weighted by Crippen LogP contribution is -2.36. The lowest BCUT2D eigenvalue weighted by Gasteiger charge is -2.11. The normalized spacial score (nSPS) is 11.4. The van der Waals surface area contributed by atoms with Crippen molar-refractivity contribution in [3.05, 3.63) is 78.6 Å². The second-order valence-corrected chi connectivity index (χ2v) is 7.24. The van der Waals surface area contributed by atoms with Gasteiger partial charge in [-0.2, -0.15) is 13.2 Å². The Labute approximate surface area is 186 Å². The predicted molar refractivity (Wildman–Crippen MR) is 118 cm³/mol. The highest BCUT2D eigenvalue weighted by atomic mass is 19.4. The van der Waals surface area contributed by atoms with Crippen molar-refractivity contribution in [2.45, 2.75) is 6.18 Å². The molecule has 2 aromatic heterocycles. The summed E-state index contributed by atoms with van der Waals surface area (Å²) in [5.74, 6) is -0.512. The molecule has 4 rings (SSSR count). The van der Waals surface area contributed by atoms with Crippen molar-refractivity contribution in [1.82, 2.24) is 14.7 Å². The topological polar surface area (TPSA) is 102 Å². The Morgan fingerprint density at radius 1 is 0.970 bits per heavy atom. The number of rotatable bonds is 5. The summed E-state index contributed by atoms with van der Waals surface area (Å²) >= 11 is 0. The van der Waals surface area contributed by atoms with Gasteiger partial charge in [0.2, 0.25) is 5.91 Å². The number of hydrogen-bond donors (Lipinski definition) is 3. The van der Waals surface area contributed by atoms with Gasteiger partial charge in [0.15, 0.2) is 0 Å². The number of halogens is 3. The molecule has 0 atom stereocenters. The minimum Gasteiger partial charge on any atom is -0.366 e. The standard InChI is InChI=1S/C23H18F3N5O2/c24-23(25,26)13-29-22(33)30-18-6-2-4-16(10-18)19-12-28-20-11-15(7-8-31(19)20)14-3-1-5-17(9-14)21(27)32/h1-12H,13H2,(H2,27,32)(H2,29,30,33). The van der Waals surface area contributed by atoms with Gasteiger partial charge in [0.05, 0.1) is 11.9 Å². The van der Waals surface area contributed by atoms with Crippen LogP contribution in [0.2, 0.25) is 0 Å². The number of carbonyl (C=O) groups excluding carboxylic acids is 2. The third kappa shape index (κ3) is 5.12. The van der Waals surface area contributed by atoms with Crippen LogP contribution >= 0.6 is 0 Å². The first-order valence-electron chi connectivity index (χ1n) is 9.79. The molecule has 0 aliphatic heterocycles. The molecule has 0 unspecified atom stereocenters. The van der Waals surface area contributed by atoms with E-state index >= 15 is 0 Å². The van der Waals surface area contributed by atoms with E-state index in [1.165, 1.54) is 0 Å². The highest BCUT2D eigenvalue weighted by Gasteiger charge is 2.27. The zero-order valence-electron chi connectivity index (χ0n) is 17.1. The monoisotopic (exact) mass is 453 g/mol. The number of pyridine rings is 1. The molecule has 0 aliphatic rings. The van der Waals surface area contributed by atoms with Crippen molar-refractivity contribution >= 4 is 23.3 Å². The van der Waals surface area contributed by atoms with Gasteiger partial charge in [-0.25, -0.2) is 9.78 Å². The number of nitrogens with zero attached hydrogens (tertiary/aromatic N) is 2. The number of alkyl halides is 3. The van der Waals surface area contributed by atoms with Gasteiger partial charge < -0.3 is 16.4 Å². The fraction of sp³-hybridized carbons (Fsp3) is 0.0870. The molecule has 0 spiro atoms. The first kappa shape index (κ1) is 21.9. The highest BCUT2D eigenvalue weighted by Crippen LogP contribution is 2.27. The summed E-state index contributed by atoms with van der Waals surface area (Å²) in [6.07, 6.45) is -1.02. The number of aromatic nitrogens is 2. The van der Waals surface area contributed by atoms with Gasteiger partial charge >= 0.3 is 12.2 Å². The first-order chi connectivity index (χ1) is 15.7. The van der Waals surface area contributed by atoms with Gasteiger partial charge in [-0.1, -0.05) is 24.3 Å². The van der Waals surface area contributed by atoms with Crippen LogP contribution in [0.1, 0.15) is 10.4 Å². The van der Waals surface area contributed by atoms with Gasteiger partial charge in [-0.3, -0.25) is 9.20 Å². The number of benzene rings is 2. The van der Waals surface area contributed by atoms with Crippen LogP contribution in [0, 0.1) is 0 Å². The van der Waals surface area contributed by atoms with Crippen LogP contribution in [-0.2, 0) is 0 Å². The molecule has 168 valence electrons. The Bertz CT molecular complexity index is 1350. The number of nitrogens with two attached hydrogens (primary N) is 1. The van der Waals surface area contributed by atoms with Crippen LogP contribution < -0.4 is 16.4 Å². The average molecular weight is 453 g/mol. The van der Waals surface area contributed by atoms with Gasteiger partial charge in [-0.05, 0) is 47.5 Å². The van der Waals surface area contributed by atoms with E-state index in [4.69, 9.17) is 5.73 Å². The number of hydrogen-bond acceptors (Lipinski definition) is 3. The van der Waals surface area contributed by atoms with E-state index < -0.39 is 24.7 Å². The maximum Gasteiger partial charge on any atom is 0.405 e. The van der Waals surface area contributed by atoms with Gasteiger partial charge in [0.25, 0.3) is 0 Å².